The molecule has 4 heteroatoms. The number of benzene rings is 1. The Bertz CT molecular complexity index is 472. The second kappa shape index (κ2) is 7.75. The van der Waals surface area contributed by atoms with E-state index in [1.165, 1.54) is 5.56 Å². The lowest BCUT2D eigenvalue weighted by Gasteiger charge is -2.23. The molecule has 1 aliphatic heterocycles. The maximum absolute atomic E-state index is 12.1. The molecule has 0 aromatic heterocycles. The molecule has 0 saturated carbocycles. The summed E-state index contributed by atoms with van der Waals surface area (Å²) in [5.74, 6) is -0.479. The van der Waals surface area contributed by atoms with Crippen molar-refractivity contribution in [3.05, 3.63) is 35.9 Å². The molecule has 22 heavy (non-hydrogen) atoms. The van der Waals surface area contributed by atoms with E-state index in [9.17, 15) is 9.90 Å². The van der Waals surface area contributed by atoms with Crippen molar-refractivity contribution in [3.8, 4) is 0 Å². The maximum Gasteiger partial charge on any atom is 0.338 e. The van der Waals surface area contributed by atoms with Gasteiger partial charge in [-0.05, 0) is 25.3 Å². The van der Waals surface area contributed by atoms with Crippen LogP contribution in [0.2, 0.25) is 0 Å². The fraction of sp³-hybridized carbons (Fsp3) is 0.611. The zero-order chi connectivity index (χ0) is 16.0. The molecular formula is C18H27NO3. The van der Waals surface area contributed by atoms with Gasteiger partial charge in [0.25, 0.3) is 0 Å². The van der Waals surface area contributed by atoms with Crippen LogP contribution in [0, 0.1) is 0 Å². The molecule has 2 rings (SSSR count). The van der Waals surface area contributed by atoms with Crippen LogP contribution in [0.25, 0.3) is 0 Å². The van der Waals surface area contributed by atoms with Crippen LogP contribution in [0.1, 0.15) is 45.1 Å². The summed E-state index contributed by atoms with van der Waals surface area (Å²) in [5.41, 5.74) is -0.0903. The van der Waals surface area contributed by atoms with Gasteiger partial charge in [-0.2, -0.15) is 0 Å². The van der Waals surface area contributed by atoms with Gasteiger partial charge >= 0.3 is 5.97 Å². The normalized spacial score (nSPS) is 21.5. The van der Waals surface area contributed by atoms with Crippen molar-refractivity contribution < 1.29 is 14.6 Å². The summed E-state index contributed by atoms with van der Waals surface area (Å²) in [6.45, 7) is 6.14. The van der Waals surface area contributed by atoms with Crippen LogP contribution < -0.4 is 0 Å². The number of carbonyl (C=O) groups excluding carboxylic acids is 1. The lowest BCUT2D eigenvalue weighted by Crippen LogP contribution is -2.39. The van der Waals surface area contributed by atoms with Crippen LogP contribution in [-0.2, 0) is 16.1 Å². The molecular weight excluding hydrogens is 278 g/mol. The van der Waals surface area contributed by atoms with E-state index in [2.05, 4.69) is 17.0 Å². The summed E-state index contributed by atoms with van der Waals surface area (Å²) in [7, 11) is 0. The number of hydrogen-bond acceptors (Lipinski definition) is 4. The van der Waals surface area contributed by atoms with Gasteiger partial charge in [-0.1, -0.05) is 50.1 Å². The lowest BCUT2D eigenvalue weighted by atomic mass is 9.99. The molecule has 122 valence electrons. The fourth-order valence-corrected chi connectivity index (χ4v) is 2.78. The fourth-order valence-electron chi connectivity index (χ4n) is 2.78. The Kier molecular flexibility index (Phi) is 5.98. The van der Waals surface area contributed by atoms with E-state index < -0.39 is 11.6 Å². The number of esters is 1. The molecule has 0 spiro atoms. The minimum atomic E-state index is -1.36. The van der Waals surface area contributed by atoms with Gasteiger partial charge in [0.1, 0.15) is 6.10 Å². The summed E-state index contributed by atoms with van der Waals surface area (Å²) in [4.78, 5) is 14.4. The van der Waals surface area contributed by atoms with Gasteiger partial charge in [-0.3, -0.25) is 4.90 Å². The summed E-state index contributed by atoms with van der Waals surface area (Å²) in [6.07, 6.45) is 2.97. The third kappa shape index (κ3) is 4.82. The van der Waals surface area contributed by atoms with Crippen molar-refractivity contribution in [1.29, 1.82) is 0 Å². The van der Waals surface area contributed by atoms with Crippen molar-refractivity contribution >= 4 is 5.97 Å². The van der Waals surface area contributed by atoms with E-state index in [0.29, 0.717) is 6.42 Å². The number of hydrogen-bond donors (Lipinski definition) is 1. The Labute approximate surface area is 133 Å². The van der Waals surface area contributed by atoms with Gasteiger partial charge < -0.3 is 9.84 Å². The molecule has 1 aromatic rings. The van der Waals surface area contributed by atoms with Crippen LogP contribution in [0.4, 0.5) is 0 Å². The third-order valence-corrected chi connectivity index (χ3v) is 4.21. The van der Waals surface area contributed by atoms with E-state index in [0.717, 1.165) is 38.9 Å². The summed E-state index contributed by atoms with van der Waals surface area (Å²) in [6, 6.07) is 10.3. The first kappa shape index (κ1) is 17.0. The highest BCUT2D eigenvalue weighted by molar-refractivity contribution is 5.78. The smallest absolute Gasteiger partial charge is 0.338 e. The van der Waals surface area contributed by atoms with Gasteiger partial charge in [0, 0.05) is 19.6 Å². The second-order valence-electron chi connectivity index (χ2n) is 6.41. The first-order valence-electron chi connectivity index (χ1n) is 8.21. The Morgan fingerprint density at radius 1 is 1.41 bits per heavy atom. The Morgan fingerprint density at radius 3 is 2.82 bits per heavy atom. The molecule has 1 saturated heterocycles. The molecule has 2 atom stereocenters. The van der Waals surface area contributed by atoms with Crippen molar-refractivity contribution in [2.24, 2.45) is 0 Å². The van der Waals surface area contributed by atoms with Crippen molar-refractivity contribution in [3.63, 3.8) is 0 Å². The number of nitrogens with zero attached hydrogens (tertiary/aromatic N) is 1. The molecule has 1 N–H and O–H groups in total. The zero-order valence-corrected chi connectivity index (χ0v) is 13.6. The highest BCUT2D eigenvalue weighted by Gasteiger charge is 2.35. The van der Waals surface area contributed by atoms with Crippen LogP contribution in [0.5, 0.6) is 0 Å². The van der Waals surface area contributed by atoms with Gasteiger partial charge in [0.2, 0.25) is 0 Å². The molecule has 0 amide bonds. The highest BCUT2D eigenvalue weighted by atomic mass is 16.6. The molecule has 4 nitrogen and oxygen atoms in total. The highest BCUT2D eigenvalue weighted by Crippen LogP contribution is 2.21. The number of likely N-dealkylation sites (tertiary alicyclic amines) is 1. The molecule has 0 aliphatic carbocycles. The second-order valence-corrected chi connectivity index (χ2v) is 6.41. The monoisotopic (exact) mass is 305 g/mol. The SMILES string of the molecule is CCCCC(C)(O)C(=O)OC1CCN(Cc2ccccc2)C1. The average molecular weight is 305 g/mol. The van der Waals surface area contributed by atoms with Crippen LogP contribution >= 0.6 is 0 Å². The number of aliphatic hydroxyl groups is 1. The van der Waals surface area contributed by atoms with Crippen LogP contribution in [0.15, 0.2) is 30.3 Å². The van der Waals surface area contributed by atoms with Gasteiger partial charge in [-0.15, -0.1) is 0 Å². The van der Waals surface area contributed by atoms with Crippen molar-refractivity contribution in [2.45, 2.75) is 57.8 Å². The molecule has 1 aromatic carbocycles. The third-order valence-electron chi connectivity index (χ3n) is 4.21. The van der Waals surface area contributed by atoms with Crippen LogP contribution in [-0.4, -0.2) is 40.8 Å². The number of unbranched alkanes of at least 4 members (excludes halogenated alkanes) is 1. The summed E-state index contributed by atoms with van der Waals surface area (Å²) >= 11 is 0. The van der Waals surface area contributed by atoms with Gasteiger partial charge in [0.05, 0.1) is 0 Å². The zero-order valence-electron chi connectivity index (χ0n) is 13.6. The van der Waals surface area contributed by atoms with Gasteiger partial charge in [-0.25, -0.2) is 4.79 Å². The molecule has 2 unspecified atom stereocenters. The molecule has 1 heterocycles. The summed E-state index contributed by atoms with van der Waals surface area (Å²) < 4.78 is 5.51. The van der Waals surface area contributed by atoms with E-state index in [1.54, 1.807) is 6.92 Å². The minimum Gasteiger partial charge on any atom is -0.459 e. The van der Waals surface area contributed by atoms with E-state index in [1.807, 2.05) is 25.1 Å². The molecule has 0 bridgehead atoms. The van der Waals surface area contributed by atoms with Crippen LogP contribution in [0.3, 0.4) is 0 Å². The standard InChI is InChI=1S/C18H27NO3/c1-3-4-11-18(2,21)17(20)22-16-10-12-19(14-16)13-15-8-6-5-7-9-15/h5-9,16,21H,3-4,10-14H2,1-2H3. The Morgan fingerprint density at radius 2 is 2.14 bits per heavy atom. The molecule has 0 radical (unpaired) electrons. The quantitative estimate of drug-likeness (QED) is 0.787. The first-order chi connectivity index (χ1) is 10.5. The van der Waals surface area contributed by atoms with Crippen molar-refractivity contribution in [2.75, 3.05) is 13.1 Å². The maximum atomic E-state index is 12.1. The predicted octanol–water partition coefficient (Wildman–Crippen LogP) is 2.75. The number of rotatable bonds is 7. The Balaban J connectivity index is 1.79. The molecule has 1 aliphatic rings. The Hall–Kier alpha value is -1.39. The largest absolute Gasteiger partial charge is 0.459 e. The first-order valence-corrected chi connectivity index (χ1v) is 8.21. The van der Waals surface area contributed by atoms with E-state index in [-0.39, 0.29) is 6.10 Å². The van der Waals surface area contributed by atoms with E-state index in [4.69, 9.17) is 4.74 Å². The predicted molar refractivity (Wildman–Crippen MR) is 86.4 cm³/mol. The number of carbonyl (C=O) groups is 1. The lowest BCUT2D eigenvalue weighted by molar-refractivity contribution is -0.169. The minimum absolute atomic E-state index is 0.107. The topological polar surface area (TPSA) is 49.8 Å². The number of ether oxygens (including phenoxy) is 1. The van der Waals surface area contributed by atoms with E-state index >= 15 is 0 Å². The summed E-state index contributed by atoms with van der Waals surface area (Å²) in [5, 5.41) is 10.2. The van der Waals surface area contributed by atoms with Crippen molar-refractivity contribution in [1.82, 2.24) is 4.90 Å². The van der Waals surface area contributed by atoms with Gasteiger partial charge in [0.15, 0.2) is 5.60 Å². The average Bonchev–Trinajstić information content (AvgIpc) is 2.93. The molecule has 1 fully saturated rings.